The summed E-state index contributed by atoms with van der Waals surface area (Å²) >= 11 is 0. The maximum atomic E-state index is 14.3. The van der Waals surface area contributed by atoms with Crippen LogP contribution in [-0.2, 0) is 11.8 Å². The van der Waals surface area contributed by atoms with Gasteiger partial charge in [-0.3, -0.25) is 4.79 Å². The average molecular weight is 313 g/mol. The number of allylic oxidation sites excluding steroid dienone is 2. The van der Waals surface area contributed by atoms with Gasteiger partial charge in [0.15, 0.2) is 0 Å². The van der Waals surface area contributed by atoms with Crippen molar-refractivity contribution in [1.29, 1.82) is 0 Å². The third kappa shape index (κ3) is 3.33. The first kappa shape index (κ1) is 15.5. The molecule has 3 rings (SSSR count). The minimum absolute atomic E-state index is 0.0504. The lowest BCUT2D eigenvalue weighted by Crippen LogP contribution is -2.36. The smallest absolute Gasteiger partial charge is 0.224 e. The summed E-state index contributed by atoms with van der Waals surface area (Å²) in [5.41, 5.74) is 0.432. The third-order valence-electron chi connectivity index (χ3n) is 4.26. The second-order valence-electron chi connectivity index (χ2n) is 5.84. The van der Waals surface area contributed by atoms with Crippen LogP contribution in [0.2, 0.25) is 0 Å². The number of carbonyl (C=O) groups is 1. The van der Waals surface area contributed by atoms with Crippen LogP contribution in [0, 0.1) is 11.7 Å². The number of imidazole rings is 1. The number of nitrogens with one attached hydrogen (secondary N) is 1. The van der Waals surface area contributed by atoms with E-state index in [9.17, 15) is 9.18 Å². The van der Waals surface area contributed by atoms with E-state index in [-0.39, 0.29) is 17.6 Å². The fourth-order valence-electron chi connectivity index (χ4n) is 2.94. The van der Waals surface area contributed by atoms with E-state index in [4.69, 9.17) is 0 Å². The summed E-state index contributed by atoms with van der Waals surface area (Å²) in [5.74, 6) is 0.166. The number of benzene rings is 1. The number of hydrogen-bond acceptors (Lipinski definition) is 2. The Kier molecular flexibility index (Phi) is 4.55. The molecule has 23 heavy (non-hydrogen) atoms. The molecule has 1 aromatic heterocycles. The van der Waals surface area contributed by atoms with Crippen LogP contribution in [0.3, 0.4) is 0 Å². The predicted octanol–water partition coefficient (Wildman–Crippen LogP) is 3.12. The second kappa shape index (κ2) is 6.77. The second-order valence-corrected chi connectivity index (χ2v) is 5.84. The van der Waals surface area contributed by atoms with Crippen LogP contribution in [0.4, 0.5) is 4.39 Å². The first-order chi connectivity index (χ1) is 11.2. The fraction of sp³-hybridized carbons (Fsp3) is 0.333. The maximum Gasteiger partial charge on any atom is 0.224 e. The van der Waals surface area contributed by atoms with Gasteiger partial charge in [-0.2, -0.15) is 0 Å². The molecule has 5 heteroatoms. The van der Waals surface area contributed by atoms with Gasteiger partial charge >= 0.3 is 0 Å². The number of aromatic nitrogens is 2. The highest BCUT2D eigenvalue weighted by molar-refractivity contribution is 5.79. The molecule has 0 fully saturated rings. The van der Waals surface area contributed by atoms with Gasteiger partial charge in [-0.25, -0.2) is 9.37 Å². The number of hydrogen-bond donors (Lipinski definition) is 1. The minimum Gasteiger partial charge on any atom is -0.342 e. The lowest BCUT2D eigenvalue weighted by Gasteiger charge is -2.23. The first-order valence-electron chi connectivity index (χ1n) is 7.84. The highest BCUT2D eigenvalue weighted by atomic mass is 19.1. The molecule has 0 unspecified atom stereocenters. The molecule has 4 nitrogen and oxygen atoms in total. The van der Waals surface area contributed by atoms with Crippen LogP contribution in [0.15, 0.2) is 48.8 Å². The van der Waals surface area contributed by atoms with Crippen molar-refractivity contribution in [3.63, 3.8) is 0 Å². The Morgan fingerprint density at radius 2 is 2.22 bits per heavy atom. The lowest BCUT2D eigenvalue weighted by atomic mass is 9.93. The Labute approximate surface area is 135 Å². The Morgan fingerprint density at radius 3 is 2.87 bits per heavy atom. The molecular weight excluding hydrogens is 293 g/mol. The largest absolute Gasteiger partial charge is 0.342 e. The number of amides is 1. The molecule has 1 amide bonds. The lowest BCUT2D eigenvalue weighted by molar-refractivity contribution is -0.125. The monoisotopic (exact) mass is 313 g/mol. The van der Waals surface area contributed by atoms with Crippen molar-refractivity contribution in [3.8, 4) is 0 Å². The van der Waals surface area contributed by atoms with Gasteiger partial charge < -0.3 is 9.88 Å². The number of nitrogens with zero attached hydrogens (tertiary/aromatic N) is 2. The average Bonchev–Trinajstić information content (AvgIpc) is 3.00. The van der Waals surface area contributed by atoms with Crippen molar-refractivity contribution in [3.05, 3.63) is 66.0 Å². The van der Waals surface area contributed by atoms with Gasteiger partial charge in [0.25, 0.3) is 0 Å². The number of rotatable bonds is 4. The quantitative estimate of drug-likeness (QED) is 0.882. The molecule has 0 saturated carbocycles. The van der Waals surface area contributed by atoms with Crippen molar-refractivity contribution in [2.45, 2.75) is 25.3 Å². The molecule has 2 atom stereocenters. The Hall–Kier alpha value is -2.43. The Morgan fingerprint density at radius 1 is 1.39 bits per heavy atom. The molecule has 0 bridgehead atoms. The highest BCUT2D eigenvalue weighted by Gasteiger charge is 2.27. The van der Waals surface area contributed by atoms with E-state index in [1.54, 1.807) is 35.2 Å². The third-order valence-corrected chi connectivity index (χ3v) is 4.26. The van der Waals surface area contributed by atoms with E-state index >= 15 is 0 Å². The zero-order valence-electron chi connectivity index (χ0n) is 13.1. The van der Waals surface area contributed by atoms with E-state index in [0.29, 0.717) is 11.4 Å². The summed E-state index contributed by atoms with van der Waals surface area (Å²) in [6, 6.07) is 5.91. The standard InChI is InChI=1S/C18H20FN3O/c1-22-12-11-20-17(22)16(14-9-5-6-10-15(14)19)21-18(23)13-7-3-2-4-8-13/h2-3,5-6,9-13,16H,4,7-8H2,1H3,(H,21,23)/t13-,16+/m0/s1. The normalized spacial score (nSPS) is 18.6. The van der Waals surface area contributed by atoms with Gasteiger partial charge in [-0.1, -0.05) is 30.4 Å². The summed E-state index contributed by atoms with van der Waals surface area (Å²) in [7, 11) is 1.84. The SMILES string of the molecule is Cn1ccnc1[C@H](NC(=O)[C@H]1CC=CCC1)c1ccccc1F. The summed E-state index contributed by atoms with van der Waals surface area (Å²) < 4.78 is 16.1. The highest BCUT2D eigenvalue weighted by Crippen LogP contribution is 2.25. The maximum absolute atomic E-state index is 14.3. The Bertz CT molecular complexity index is 723. The van der Waals surface area contributed by atoms with Crippen LogP contribution >= 0.6 is 0 Å². The first-order valence-corrected chi connectivity index (χ1v) is 7.84. The molecule has 0 saturated heterocycles. The van der Waals surface area contributed by atoms with Gasteiger partial charge in [-0.15, -0.1) is 0 Å². The van der Waals surface area contributed by atoms with Gasteiger partial charge in [0, 0.05) is 30.9 Å². The van der Waals surface area contributed by atoms with Crippen molar-refractivity contribution >= 4 is 5.91 Å². The van der Waals surface area contributed by atoms with Crippen LogP contribution < -0.4 is 5.32 Å². The molecular formula is C18H20FN3O. The minimum atomic E-state index is -0.588. The van der Waals surface area contributed by atoms with Crippen molar-refractivity contribution in [1.82, 2.24) is 14.9 Å². The molecule has 0 spiro atoms. The zero-order valence-corrected chi connectivity index (χ0v) is 13.1. The molecule has 120 valence electrons. The molecule has 0 aliphatic heterocycles. The van der Waals surface area contributed by atoms with Gasteiger partial charge in [0.05, 0.1) is 0 Å². The molecule has 1 heterocycles. The fourth-order valence-corrected chi connectivity index (χ4v) is 2.94. The van der Waals surface area contributed by atoms with Crippen LogP contribution in [0.25, 0.3) is 0 Å². The molecule has 0 radical (unpaired) electrons. The van der Waals surface area contributed by atoms with E-state index < -0.39 is 6.04 Å². The molecule has 1 aliphatic carbocycles. The van der Waals surface area contributed by atoms with Crippen LogP contribution in [0.5, 0.6) is 0 Å². The summed E-state index contributed by atoms with van der Waals surface area (Å²) in [5, 5.41) is 2.99. The van der Waals surface area contributed by atoms with Gasteiger partial charge in [-0.05, 0) is 25.3 Å². The summed E-state index contributed by atoms with van der Waals surface area (Å²) in [6.45, 7) is 0. The number of carbonyl (C=O) groups excluding carboxylic acids is 1. The van der Waals surface area contributed by atoms with E-state index in [0.717, 1.165) is 19.3 Å². The number of aryl methyl sites for hydroxylation is 1. The van der Waals surface area contributed by atoms with E-state index in [1.807, 2.05) is 13.1 Å². The van der Waals surface area contributed by atoms with Crippen molar-refractivity contribution in [2.75, 3.05) is 0 Å². The molecule has 2 aromatic rings. The molecule has 1 N–H and O–H groups in total. The summed E-state index contributed by atoms with van der Waals surface area (Å²) in [4.78, 5) is 16.9. The topological polar surface area (TPSA) is 46.9 Å². The Balaban J connectivity index is 1.90. The summed E-state index contributed by atoms with van der Waals surface area (Å²) in [6.07, 6.45) is 10.0. The van der Waals surface area contributed by atoms with Gasteiger partial charge in [0.2, 0.25) is 5.91 Å². The zero-order chi connectivity index (χ0) is 16.2. The molecule has 1 aromatic carbocycles. The van der Waals surface area contributed by atoms with Crippen molar-refractivity contribution < 1.29 is 9.18 Å². The van der Waals surface area contributed by atoms with E-state index in [1.165, 1.54) is 6.07 Å². The van der Waals surface area contributed by atoms with Gasteiger partial charge in [0.1, 0.15) is 17.7 Å². The predicted molar refractivity (Wildman–Crippen MR) is 86.1 cm³/mol. The van der Waals surface area contributed by atoms with Crippen molar-refractivity contribution in [2.24, 2.45) is 13.0 Å². The van der Waals surface area contributed by atoms with Crippen LogP contribution in [0.1, 0.15) is 36.7 Å². The van der Waals surface area contributed by atoms with E-state index in [2.05, 4.69) is 16.4 Å². The number of halogens is 1. The van der Waals surface area contributed by atoms with Crippen LogP contribution in [-0.4, -0.2) is 15.5 Å². The molecule has 1 aliphatic rings.